The van der Waals surface area contributed by atoms with Crippen LogP contribution in [-0.4, -0.2) is 59.8 Å². The molecule has 4 N–H and O–H groups in total. The minimum Gasteiger partial charge on any atom is -0.406 e. The number of H-pyrrole nitrogens is 1. The Morgan fingerprint density at radius 2 is 2.23 bits per heavy atom. The maximum absolute atomic E-state index is 13.6. The molecule has 0 aliphatic heterocycles. The molecular formula is C19H19FN6O4. The molecule has 0 bridgehead atoms. The number of amides is 1. The van der Waals surface area contributed by atoms with E-state index in [1.165, 1.54) is 31.5 Å². The van der Waals surface area contributed by atoms with E-state index in [-0.39, 0.29) is 11.6 Å². The highest BCUT2D eigenvalue weighted by molar-refractivity contribution is 5.93. The highest BCUT2D eigenvalue weighted by Gasteiger charge is 2.20. The third-order valence-electron chi connectivity index (χ3n) is 4.69. The number of fused-ring (bicyclic) bond motifs is 2. The van der Waals surface area contributed by atoms with Gasteiger partial charge in [-0.15, -0.1) is 0 Å². The number of carbonyl (C=O) groups is 1. The van der Waals surface area contributed by atoms with Crippen LogP contribution in [0.15, 0.2) is 30.6 Å². The van der Waals surface area contributed by atoms with Gasteiger partial charge in [-0.25, -0.2) is 19.2 Å². The second kappa shape index (κ2) is 7.69. The smallest absolute Gasteiger partial charge is 0.406 e. The fourth-order valence-corrected chi connectivity index (χ4v) is 3.08. The quantitative estimate of drug-likeness (QED) is 0.388. The van der Waals surface area contributed by atoms with Crippen molar-refractivity contribution in [2.24, 2.45) is 7.05 Å². The van der Waals surface area contributed by atoms with Crippen LogP contribution < -0.4 is 10.1 Å². The number of ether oxygens (including phenoxy) is 1. The molecule has 3 heterocycles. The van der Waals surface area contributed by atoms with Crippen molar-refractivity contribution in [3.63, 3.8) is 0 Å². The van der Waals surface area contributed by atoms with Crippen LogP contribution >= 0.6 is 0 Å². The molecule has 10 nitrogen and oxygen atoms in total. The summed E-state index contributed by atoms with van der Waals surface area (Å²) in [4.78, 5) is 23.8. The van der Waals surface area contributed by atoms with Gasteiger partial charge in [-0.2, -0.15) is 5.10 Å². The van der Waals surface area contributed by atoms with Crippen molar-refractivity contribution >= 4 is 28.2 Å². The molecule has 1 aromatic carbocycles. The molecule has 11 heteroatoms. The van der Waals surface area contributed by atoms with E-state index in [0.29, 0.717) is 33.5 Å². The third kappa shape index (κ3) is 3.55. The number of aryl methyl sites for hydroxylation is 1. The number of aliphatic hydroxyl groups is 2. The predicted molar refractivity (Wildman–Crippen MR) is 105 cm³/mol. The van der Waals surface area contributed by atoms with Gasteiger partial charge in [0.25, 0.3) is 0 Å². The summed E-state index contributed by atoms with van der Waals surface area (Å²) < 4.78 is 20.4. The first-order valence-corrected chi connectivity index (χ1v) is 9.11. The van der Waals surface area contributed by atoms with Gasteiger partial charge in [0.05, 0.1) is 30.5 Å². The van der Waals surface area contributed by atoms with Crippen LogP contribution in [-0.2, 0) is 7.05 Å². The number of hydrogen-bond acceptors (Lipinski definition) is 7. The lowest BCUT2D eigenvalue weighted by Crippen LogP contribution is -2.45. The van der Waals surface area contributed by atoms with E-state index in [0.717, 1.165) is 0 Å². The van der Waals surface area contributed by atoms with Crippen molar-refractivity contribution in [3.8, 4) is 17.1 Å². The summed E-state index contributed by atoms with van der Waals surface area (Å²) in [5.74, 6) is -0.255. The Morgan fingerprint density at radius 3 is 2.97 bits per heavy atom. The van der Waals surface area contributed by atoms with Gasteiger partial charge in [0, 0.05) is 18.6 Å². The summed E-state index contributed by atoms with van der Waals surface area (Å²) in [5, 5.41) is 26.2. The zero-order valence-electron chi connectivity index (χ0n) is 16.1. The fraction of sp³-hybridized carbons (Fsp3) is 0.263. The van der Waals surface area contributed by atoms with Crippen LogP contribution in [0, 0.1) is 5.82 Å². The molecule has 3 aromatic heterocycles. The molecule has 4 rings (SSSR count). The molecule has 0 saturated carbocycles. The van der Waals surface area contributed by atoms with Gasteiger partial charge < -0.3 is 25.3 Å². The van der Waals surface area contributed by atoms with E-state index < -0.39 is 24.8 Å². The second-order valence-corrected chi connectivity index (χ2v) is 6.80. The van der Waals surface area contributed by atoms with Crippen LogP contribution in [0.4, 0.5) is 9.18 Å². The lowest BCUT2D eigenvalue weighted by Gasteiger charge is -2.18. The molecule has 0 saturated heterocycles. The maximum atomic E-state index is 13.6. The van der Waals surface area contributed by atoms with Gasteiger partial charge in [-0.05, 0) is 25.1 Å². The number of nitrogens with one attached hydrogen (secondary N) is 2. The minimum absolute atomic E-state index is 0.116. The van der Waals surface area contributed by atoms with Gasteiger partial charge in [-0.3, -0.25) is 4.68 Å². The Kier molecular flexibility index (Phi) is 5.06. The predicted octanol–water partition coefficient (Wildman–Crippen LogP) is 1.48. The van der Waals surface area contributed by atoms with Crippen LogP contribution in [0.1, 0.15) is 6.92 Å². The topological polar surface area (TPSA) is 138 Å². The van der Waals surface area contributed by atoms with Crippen molar-refractivity contribution in [3.05, 3.63) is 36.4 Å². The fourth-order valence-electron chi connectivity index (χ4n) is 3.08. The SMILES string of the molecule is C[C@@H](O)[C@@H](CO)NC(=O)Oc1c[nH]c2ncc(-c3nn(C)c4cc(F)ccc34)nc12. The lowest BCUT2D eigenvalue weighted by atomic mass is 10.1. The number of carbonyl (C=O) groups excluding carboxylic acids is 1. The Bertz CT molecular complexity index is 1230. The number of aromatic amines is 1. The largest absolute Gasteiger partial charge is 0.413 e. The first kappa shape index (κ1) is 19.7. The lowest BCUT2D eigenvalue weighted by molar-refractivity contribution is 0.100. The summed E-state index contributed by atoms with van der Waals surface area (Å²) in [5.41, 5.74) is 2.21. The van der Waals surface area contributed by atoms with Gasteiger partial charge in [0.15, 0.2) is 16.9 Å². The van der Waals surface area contributed by atoms with Gasteiger partial charge in [0.1, 0.15) is 17.2 Å². The molecule has 0 spiro atoms. The molecule has 4 aromatic rings. The molecule has 1 amide bonds. The Labute approximate surface area is 169 Å². The summed E-state index contributed by atoms with van der Waals surface area (Å²) in [6, 6.07) is 3.47. The van der Waals surface area contributed by atoms with E-state index >= 15 is 0 Å². The summed E-state index contributed by atoms with van der Waals surface area (Å²) in [6.07, 6.45) is 1.13. The normalized spacial score (nSPS) is 13.5. The Balaban J connectivity index is 1.68. The molecule has 0 radical (unpaired) electrons. The number of rotatable bonds is 5. The highest BCUT2D eigenvalue weighted by atomic mass is 19.1. The van der Waals surface area contributed by atoms with Crippen LogP contribution in [0.5, 0.6) is 5.75 Å². The van der Waals surface area contributed by atoms with E-state index in [1.54, 1.807) is 17.8 Å². The van der Waals surface area contributed by atoms with Crippen molar-refractivity contribution in [1.29, 1.82) is 0 Å². The molecule has 0 unspecified atom stereocenters. The third-order valence-corrected chi connectivity index (χ3v) is 4.69. The standard InChI is InChI=1S/C19H19FN6O4/c1-9(28)13(8-27)24-19(29)30-15-7-22-18-17(15)23-12(6-21-18)16-11-4-3-10(20)5-14(11)26(2)25-16/h3-7,9,13,27-28H,8H2,1-2H3,(H,21,22)(H,24,29)/t9-,13-/m1/s1. The molecular weight excluding hydrogens is 395 g/mol. The van der Waals surface area contributed by atoms with E-state index in [2.05, 4.69) is 25.4 Å². The van der Waals surface area contributed by atoms with Crippen LogP contribution in [0.25, 0.3) is 33.5 Å². The molecule has 0 fully saturated rings. The first-order chi connectivity index (χ1) is 14.4. The Hall–Kier alpha value is -3.57. The minimum atomic E-state index is -0.959. The van der Waals surface area contributed by atoms with Gasteiger partial charge in [-0.1, -0.05) is 0 Å². The van der Waals surface area contributed by atoms with E-state index in [1.807, 2.05) is 0 Å². The molecule has 2 atom stereocenters. The molecule has 0 aliphatic rings. The van der Waals surface area contributed by atoms with E-state index in [9.17, 15) is 19.4 Å². The average molecular weight is 414 g/mol. The van der Waals surface area contributed by atoms with Gasteiger partial charge >= 0.3 is 6.09 Å². The Morgan fingerprint density at radius 1 is 1.43 bits per heavy atom. The second-order valence-electron chi connectivity index (χ2n) is 6.80. The summed E-state index contributed by atoms with van der Waals surface area (Å²) >= 11 is 0. The number of nitrogens with zero attached hydrogens (tertiary/aromatic N) is 4. The number of hydrogen-bond donors (Lipinski definition) is 4. The number of halogens is 1. The number of benzene rings is 1. The van der Waals surface area contributed by atoms with Crippen molar-refractivity contribution in [1.82, 2.24) is 30.0 Å². The highest BCUT2D eigenvalue weighted by Crippen LogP contribution is 2.29. The number of aliphatic hydroxyl groups excluding tert-OH is 2. The zero-order valence-corrected chi connectivity index (χ0v) is 16.1. The van der Waals surface area contributed by atoms with Crippen LogP contribution in [0.2, 0.25) is 0 Å². The van der Waals surface area contributed by atoms with E-state index in [4.69, 9.17) is 4.74 Å². The monoisotopic (exact) mass is 414 g/mol. The van der Waals surface area contributed by atoms with Gasteiger partial charge in [0.2, 0.25) is 0 Å². The van der Waals surface area contributed by atoms with Crippen LogP contribution in [0.3, 0.4) is 0 Å². The molecule has 30 heavy (non-hydrogen) atoms. The molecule has 156 valence electrons. The first-order valence-electron chi connectivity index (χ1n) is 9.11. The molecule has 0 aliphatic carbocycles. The average Bonchev–Trinajstić information content (AvgIpc) is 3.26. The summed E-state index contributed by atoms with van der Waals surface area (Å²) in [7, 11) is 1.70. The zero-order chi connectivity index (χ0) is 21.4. The van der Waals surface area contributed by atoms with Crippen molar-refractivity contribution < 1.29 is 24.1 Å². The van der Waals surface area contributed by atoms with Crippen molar-refractivity contribution in [2.45, 2.75) is 19.1 Å². The maximum Gasteiger partial charge on any atom is 0.413 e. The number of aromatic nitrogens is 5. The summed E-state index contributed by atoms with van der Waals surface area (Å²) in [6.45, 7) is 0.992. The van der Waals surface area contributed by atoms with Crippen molar-refractivity contribution in [2.75, 3.05) is 6.61 Å².